The van der Waals surface area contributed by atoms with E-state index >= 15 is 0 Å². The highest BCUT2D eigenvalue weighted by Gasteiger charge is 2.21. The van der Waals surface area contributed by atoms with Crippen LogP contribution in [0.4, 0.5) is 0 Å². The van der Waals surface area contributed by atoms with E-state index in [0.717, 1.165) is 19.7 Å². The van der Waals surface area contributed by atoms with Gasteiger partial charge in [0, 0.05) is 22.0 Å². The number of aryl methyl sites for hydroxylation is 2. The lowest BCUT2D eigenvalue weighted by molar-refractivity contribution is 0.0994. The minimum absolute atomic E-state index is 0.0189. The summed E-state index contributed by atoms with van der Waals surface area (Å²) in [6, 6.07) is 7.29. The number of thioether (sulfide) groups is 1. The SMILES string of the molecule is Cc1sc2nc(SC(C)C(=O)c3ccc(Br)cc3)n(C)c(=O)c2c1C. The van der Waals surface area contributed by atoms with E-state index in [4.69, 9.17) is 0 Å². The molecule has 3 rings (SSSR count). The van der Waals surface area contributed by atoms with Crippen molar-refractivity contribution in [2.45, 2.75) is 31.2 Å². The van der Waals surface area contributed by atoms with Crippen LogP contribution in [0.3, 0.4) is 0 Å². The lowest BCUT2D eigenvalue weighted by Gasteiger charge is -2.12. The van der Waals surface area contributed by atoms with Gasteiger partial charge in [-0.1, -0.05) is 39.8 Å². The molecule has 1 unspecified atom stereocenters. The molecule has 130 valence electrons. The Morgan fingerprint density at radius 1 is 1.28 bits per heavy atom. The standard InChI is InChI=1S/C18H17BrN2O2S2/c1-9-10(2)24-16-14(9)17(23)21(4)18(20-16)25-11(3)15(22)12-5-7-13(19)8-6-12/h5-8,11H,1-4H3. The Balaban J connectivity index is 1.94. The van der Waals surface area contributed by atoms with E-state index in [1.165, 1.54) is 27.7 Å². The molecule has 0 aliphatic rings. The molecule has 25 heavy (non-hydrogen) atoms. The van der Waals surface area contributed by atoms with E-state index < -0.39 is 0 Å². The Morgan fingerprint density at radius 2 is 1.92 bits per heavy atom. The number of ketones is 1. The zero-order valence-electron chi connectivity index (χ0n) is 14.3. The summed E-state index contributed by atoms with van der Waals surface area (Å²) >= 11 is 6.21. The number of fused-ring (bicyclic) bond motifs is 1. The first kappa shape index (κ1) is 18.4. The van der Waals surface area contributed by atoms with E-state index in [1.807, 2.05) is 32.9 Å². The average molecular weight is 437 g/mol. The highest BCUT2D eigenvalue weighted by molar-refractivity contribution is 9.10. The molecule has 0 spiro atoms. The molecule has 1 atom stereocenters. The fourth-order valence-corrected chi connectivity index (χ4v) is 4.81. The smallest absolute Gasteiger partial charge is 0.262 e. The van der Waals surface area contributed by atoms with Gasteiger partial charge < -0.3 is 0 Å². The average Bonchev–Trinajstić information content (AvgIpc) is 2.86. The van der Waals surface area contributed by atoms with Crippen molar-refractivity contribution in [2.24, 2.45) is 7.05 Å². The van der Waals surface area contributed by atoms with Crippen LogP contribution in [0.15, 0.2) is 38.7 Å². The summed E-state index contributed by atoms with van der Waals surface area (Å²) in [6.07, 6.45) is 0. The molecule has 2 heterocycles. The summed E-state index contributed by atoms with van der Waals surface area (Å²) in [7, 11) is 1.71. The van der Waals surface area contributed by atoms with Gasteiger partial charge in [0.05, 0.1) is 10.6 Å². The number of thiophene rings is 1. The molecule has 4 nitrogen and oxygen atoms in total. The van der Waals surface area contributed by atoms with Crippen molar-refractivity contribution in [3.8, 4) is 0 Å². The van der Waals surface area contributed by atoms with Crippen LogP contribution in [-0.2, 0) is 7.05 Å². The van der Waals surface area contributed by atoms with E-state index in [0.29, 0.717) is 16.1 Å². The van der Waals surface area contributed by atoms with E-state index in [1.54, 1.807) is 19.2 Å². The number of aromatic nitrogens is 2. The number of Topliss-reactive ketones (excluding diaryl/α,β-unsaturated/α-hetero) is 1. The van der Waals surface area contributed by atoms with Gasteiger partial charge in [0.1, 0.15) is 4.83 Å². The molecule has 0 radical (unpaired) electrons. The van der Waals surface area contributed by atoms with Gasteiger partial charge in [-0.05, 0) is 38.5 Å². The second kappa shape index (κ2) is 7.05. The molecule has 3 aromatic rings. The van der Waals surface area contributed by atoms with Gasteiger partial charge in [-0.3, -0.25) is 14.2 Å². The van der Waals surface area contributed by atoms with Crippen LogP contribution in [0, 0.1) is 13.8 Å². The topological polar surface area (TPSA) is 52.0 Å². The van der Waals surface area contributed by atoms with Crippen molar-refractivity contribution in [3.63, 3.8) is 0 Å². The second-order valence-electron chi connectivity index (χ2n) is 5.85. The van der Waals surface area contributed by atoms with Crippen molar-refractivity contribution >= 4 is 55.0 Å². The molecule has 0 saturated carbocycles. The molecule has 0 aliphatic carbocycles. The Morgan fingerprint density at radius 3 is 2.56 bits per heavy atom. The van der Waals surface area contributed by atoms with Crippen molar-refractivity contribution in [1.29, 1.82) is 0 Å². The number of hydrogen-bond acceptors (Lipinski definition) is 5. The third-order valence-corrected chi connectivity index (χ3v) is 6.92. The monoisotopic (exact) mass is 436 g/mol. The van der Waals surface area contributed by atoms with Crippen LogP contribution in [0.2, 0.25) is 0 Å². The summed E-state index contributed by atoms with van der Waals surface area (Å²) in [5, 5.41) is 0.914. The van der Waals surface area contributed by atoms with Crippen molar-refractivity contribution < 1.29 is 4.79 Å². The maximum absolute atomic E-state index is 12.7. The largest absolute Gasteiger partial charge is 0.293 e. The molecule has 0 amide bonds. The van der Waals surface area contributed by atoms with E-state index in [-0.39, 0.29) is 16.6 Å². The summed E-state index contributed by atoms with van der Waals surface area (Å²) in [5.41, 5.74) is 1.58. The maximum Gasteiger partial charge on any atom is 0.262 e. The first-order valence-electron chi connectivity index (χ1n) is 7.72. The lowest BCUT2D eigenvalue weighted by Crippen LogP contribution is -2.22. The predicted molar refractivity (Wildman–Crippen MR) is 108 cm³/mol. The fourth-order valence-electron chi connectivity index (χ4n) is 2.52. The van der Waals surface area contributed by atoms with Crippen LogP contribution in [-0.4, -0.2) is 20.6 Å². The van der Waals surface area contributed by atoms with E-state index in [2.05, 4.69) is 20.9 Å². The fraction of sp³-hybridized carbons (Fsp3) is 0.278. The summed E-state index contributed by atoms with van der Waals surface area (Å²) in [6.45, 7) is 5.79. The lowest BCUT2D eigenvalue weighted by atomic mass is 10.1. The minimum Gasteiger partial charge on any atom is -0.293 e. The Bertz CT molecular complexity index is 1020. The van der Waals surface area contributed by atoms with Crippen molar-refractivity contribution in [2.75, 3.05) is 0 Å². The highest BCUT2D eigenvalue weighted by Crippen LogP contribution is 2.30. The van der Waals surface area contributed by atoms with Crippen LogP contribution in [0.25, 0.3) is 10.2 Å². The van der Waals surface area contributed by atoms with Crippen LogP contribution in [0.1, 0.15) is 27.7 Å². The van der Waals surface area contributed by atoms with Crippen LogP contribution >= 0.6 is 39.0 Å². The quantitative estimate of drug-likeness (QED) is 0.336. The second-order valence-corrected chi connectivity index (χ2v) is 9.28. The number of carbonyl (C=O) groups is 1. The van der Waals surface area contributed by atoms with Gasteiger partial charge in [0.15, 0.2) is 10.9 Å². The third-order valence-electron chi connectivity index (χ3n) is 4.15. The molecular formula is C18H17BrN2O2S2. The molecule has 0 saturated heterocycles. The highest BCUT2D eigenvalue weighted by atomic mass is 79.9. The maximum atomic E-state index is 12.7. The van der Waals surface area contributed by atoms with Gasteiger partial charge in [0.2, 0.25) is 0 Å². The molecule has 2 aromatic heterocycles. The summed E-state index contributed by atoms with van der Waals surface area (Å²) < 4.78 is 2.47. The minimum atomic E-state index is -0.334. The molecule has 1 aromatic carbocycles. The number of benzene rings is 1. The zero-order valence-corrected chi connectivity index (χ0v) is 17.5. The number of hydrogen-bond donors (Lipinski definition) is 0. The van der Waals surface area contributed by atoms with Crippen molar-refractivity contribution in [3.05, 3.63) is 55.1 Å². The number of nitrogens with zero attached hydrogens (tertiary/aromatic N) is 2. The first-order valence-corrected chi connectivity index (χ1v) is 10.2. The third kappa shape index (κ3) is 3.45. The zero-order chi connectivity index (χ0) is 18.3. The first-order chi connectivity index (χ1) is 11.8. The normalized spacial score (nSPS) is 12.5. The van der Waals surface area contributed by atoms with Crippen LogP contribution in [0.5, 0.6) is 0 Å². The predicted octanol–water partition coefficient (Wildman–Crippen LogP) is 4.74. The molecule has 7 heteroatoms. The summed E-state index contributed by atoms with van der Waals surface area (Å²) in [4.78, 5) is 31.8. The van der Waals surface area contributed by atoms with Crippen LogP contribution < -0.4 is 5.56 Å². The van der Waals surface area contributed by atoms with E-state index in [9.17, 15) is 9.59 Å². The summed E-state index contributed by atoms with van der Waals surface area (Å²) in [5.74, 6) is 0.0189. The molecular weight excluding hydrogens is 420 g/mol. The Kier molecular flexibility index (Phi) is 5.18. The molecule has 0 fully saturated rings. The molecule has 0 aliphatic heterocycles. The van der Waals surface area contributed by atoms with Crippen molar-refractivity contribution in [1.82, 2.24) is 9.55 Å². The number of carbonyl (C=O) groups excluding carboxylic acids is 1. The molecule has 0 bridgehead atoms. The Labute approximate surface area is 162 Å². The Hall–Kier alpha value is -1.44. The number of rotatable bonds is 4. The number of halogens is 1. The van der Waals surface area contributed by atoms with Gasteiger partial charge in [-0.2, -0.15) is 0 Å². The van der Waals surface area contributed by atoms with Gasteiger partial charge in [0.25, 0.3) is 5.56 Å². The van der Waals surface area contributed by atoms with Gasteiger partial charge in [-0.25, -0.2) is 4.98 Å². The molecule has 0 N–H and O–H groups in total. The van der Waals surface area contributed by atoms with Gasteiger partial charge >= 0.3 is 0 Å². The van der Waals surface area contributed by atoms with Gasteiger partial charge in [-0.15, -0.1) is 11.3 Å².